The molecule has 0 heterocycles. The lowest BCUT2D eigenvalue weighted by Crippen LogP contribution is -2.20. The normalized spacial score (nSPS) is 26.1. The maximum absolute atomic E-state index is 10.3. The van der Waals surface area contributed by atoms with Crippen LogP contribution in [-0.4, -0.2) is 5.11 Å². The van der Waals surface area contributed by atoms with E-state index in [1.165, 1.54) is 5.56 Å². The van der Waals surface area contributed by atoms with Crippen molar-refractivity contribution < 1.29 is 5.11 Å². The average Bonchev–Trinajstić information content (AvgIpc) is 2.47. The maximum atomic E-state index is 10.3. The summed E-state index contributed by atoms with van der Waals surface area (Å²) in [5.41, 5.74) is 1.83. The van der Waals surface area contributed by atoms with E-state index in [0.717, 1.165) is 29.3 Å². The first kappa shape index (κ1) is 9.22. The van der Waals surface area contributed by atoms with Gasteiger partial charge in [-0.05, 0) is 36.5 Å². The molecule has 0 fully saturated rings. The summed E-state index contributed by atoms with van der Waals surface area (Å²) in [5.74, 6) is 0. The Labute approximate surface area is 86.9 Å². The number of fused-ring (bicyclic) bond motifs is 1. The van der Waals surface area contributed by atoms with Crippen LogP contribution >= 0.6 is 15.9 Å². The van der Waals surface area contributed by atoms with Crippen LogP contribution in [0.25, 0.3) is 0 Å². The summed E-state index contributed by atoms with van der Waals surface area (Å²) in [6.07, 6.45) is 2.65. The second kappa shape index (κ2) is 3.10. The maximum Gasteiger partial charge on any atom is 0.0900 e. The molecule has 0 aromatic heterocycles. The van der Waals surface area contributed by atoms with E-state index in [1.807, 2.05) is 25.1 Å². The summed E-state index contributed by atoms with van der Waals surface area (Å²) < 4.78 is 1.13. The molecule has 0 radical (unpaired) electrons. The van der Waals surface area contributed by atoms with Gasteiger partial charge in [-0.3, -0.25) is 0 Å². The molecular formula is C11H13BrO. The van der Waals surface area contributed by atoms with Crippen molar-refractivity contribution in [1.29, 1.82) is 0 Å². The predicted octanol–water partition coefficient (Wildman–Crippen LogP) is 2.99. The van der Waals surface area contributed by atoms with E-state index in [-0.39, 0.29) is 0 Å². The molecule has 1 aromatic carbocycles. The van der Waals surface area contributed by atoms with Gasteiger partial charge in [0.1, 0.15) is 0 Å². The van der Waals surface area contributed by atoms with Crippen LogP contribution in [0.3, 0.4) is 0 Å². The lowest BCUT2D eigenvalue weighted by atomic mass is 9.93. The summed E-state index contributed by atoms with van der Waals surface area (Å²) in [6.45, 7) is 2.04. The number of aliphatic hydroxyl groups is 1. The van der Waals surface area contributed by atoms with Crippen LogP contribution < -0.4 is 0 Å². The minimum absolute atomic E-state index is 0.570. The molecule has 2 heteroatoms. The van der Waals surface area contributed by atoms with Crippen molar-refractivity contribution in [3.63, 3.8) is 0 Å². The van der Waals surface area contributed by atoms with E-state index in [0.29, 0.717) is 0 Å². The fourth-order valence-corrected chi connectivity index (χ4v) is 2.65. The van der Waals surface area contributed by atoms with Gasteiger partial charge < -0.3 is 5.11 Å². The van der Waals surface area contributed by atoms with Crippen molar-refractivity contribution in [3.8, 4) is 0 Å². The van der Waals surface area contributed by atoms with E-state index in [9.17, 15) is 5.11 Å². The standard InChI is InChI=1S/C11H13BrO/c1-2-11(13)7-6-8-9(11)4-3-5-10(8)12/h3-5,13H,2,6-7H2,1H3. The van der Waals surface area contributed by atoms with Crippen molar-refractivity contribution in [2.75, 3.05) is 0 Å². The molecule has 0 saturated carbocycles. The van der Waals surface area contributed by atoms with E-state index in [1.54, 1.807) is 0 Å². The first-order valence-electron chi connectivity index (χ1n) is 4.67. The molecule has 70 valence electrons. The number of halogens is 1. The molecule has 13 heavy (non-hydrogen) atoms. The topological polar surface area (TPSA) is 20.2 Å². The van der Waals surface area contributed by atoms with Crippen LogP contribution in [0.1, 0.15) is 30.9 Å². The summed E-state index contributed by atoms with van der Waals surface area (Å²) in [7, 11) is 0. The quantitative estimate of drug-likeness (QED) is 0.801. The smallest absolute Gasteiger partial charge is 0.0900 e. The van der Waals surface area contributed by atoms with Gasteiger partial charge in [-0.25, -0.2) is 0 Å². The first-order valence-corrected chi connectivity index (χ1v) is 5.47. The van der Waals surface area contributed by atoms with Crippen LogP contribution in [0.5, 0.6) is 0 Å². The lowest BCUT2D eigenvalue weighted by molar-refractivity contribution is 0.0346. The van der Waals surface area contributed by atoms with E-state index < -0.39 is 5.60 Å². The molecule has 1 aliphatic carbocycles. The molecule has 0 aliphatic heterocycles. The molecule has 0 amide bonds. The molecule has 1 aromatic rings. The molecule has 1 atom stereocenters. The third kappa shape index (κ3) is 1.32. The zero-order chi connectivity index (χ0) is 9.47. The summed E-state index contributed by atoms with van der Waals surface area (Å²) in [5, 5.41) is 10.3. The van der Waals surface area contributed by atoms with E-state index in [2.05, 4.69) is 15.9 Å². The number of rotatable bonds is 1. The van der Waals surface area contributed by atoms with Crippen molar-refractivity contribution in [2.24, 2.45) is 0 Å². The van der Waals surface area contributed by atoms with Gasteiger partial charge >= 0.3 is 0 Å². The zero-order valence-electron chi connectivity index (χ0n) is 7.68. The Morgan fingerprint density at radius 3 is 3.00 bits per heavy atom. The molecule has 1 aliphatic rings. The fraction of sp³-hybridized carbons (Fsp3) is 0.455. The molecule has 1 unspecified atom stereocenters. The minimum atomic E-state index is -0.570. The largest absolute Gasteiger partial charge is 0.385 e. The van der Waals surface area contributed by atoms with Crippen molar-refractivity contribution in [2.45, 2.75) is 31.8 Å². The van der Waals surface area contributed by atoms with Crippen LogP contribution in [0.2, 0.25) is 0 Å². The van der Waals surface area contributed by atoms with Crippen LogP contribution in [0, 0.1) is 0 Å². The summed E-state index contributed by atoms with van der Waals surface area (Å²) in [6, 6.07) is 6.08. The Morgan fingerprint density at radius 1 is 1.54 bits per heavy atom. The Balaban J connectivity index is 2.55. The Hall–Kier alpha value is -0.340. The highest BCUT2D eigenvalue weighted by atomic mass is 79.9. The molecule has 1 N–H and O–H groups in total. The number of benzene rings is 1. The third-order valence-electron chi connectivity index (χ3n) is 2.99. The Bertz CT molecular complexity index is 335. The van der Waals surface area contributed by atoms with Gasteiger partial charge in [0, 0.05) is 4.47 Å². The van der Waals surface area contributed by atoms with Crippen LogP contribution in [-0.2, 0) is 12.0 Å². The van der Waals surface area contributed by atoms with Gasteiger partial charge in [0.2, 0.25) is 0 Å². The number of hydrogen-bond donors (Lipinski definition) is 1. The Kier molecular flexibility index (Phi) is 2.20. The third-order valence-corrected chi connectivity index (χ3v) is 3.74. The molecule has 0 spiro atoms. The monoisotopic (exact) mass is 240 g/mol. The van der Waals surface area contributed by atoms with Crippen molar-refractivity contribution in [3.05, 3.63) is 33.8 Å². The van der Waals surface area contributed by atoms with Crippen molar-refractivity contribution >= 4 is 15.9 Å². The van der Waals surface area contributed by atoms with Crippen LogP contribution in [0.4, 0.5) is 0 Å². The second-order valence-electron chi connectivity index (χ2n) is 3.65. The molecule has 1 nitrogen and oxygen atoms in total. The molecular weight excluding hydrogens is 228 g/mol. The van der Waals surface area contributed by atoms with Gasteiger partial charge in [-0.2, -0.15) is 0 Å². The SMILES string of the molecule is CCC1(O)CCc2c(Br)cccc21. The Morgan fingerprint density at radius 2 is 2.31 bits per heavy atom. The minimum Gasteiger partial charge on any atom is -0.385 e. The molecule has 2 rings (SSSR count). The predicted molar refractivity (Wildman–Crippen MR) is 56.7 cm³/mol. The molecule has 0 bridgehead atoms. The van der Waals surface area contributed by atoms with Gasteiger partial charge in [0.05, 0.1) is 5.60 Å². The zero-order valence-corrected chi connectivity index (χ0v) is 9.26. The lowest BCUT2D eigenvalue weighted by Gasteiger charge is -2.21. The van der Waals surface area contributed by atoms with Gasteiger partial charge in [-0.1, -0.05) is 35.0 Å². The fourth-order valence-electron chi connectivity index (χ4n) is 2.08. The molecule has 0 saturated heterocycles. The van der Waals surface area contributed by atoms with E-state index >= 15 is 0 Å². The summed E-state index contributed by atoms with van der Waals surface area (Å²) in [4.78, 5) is 0. The van der Waals surface area contributed by atoms with Crippen LogP contribution in [0.15, 0.2) is 22.7 Å². The first-order chi connectivity index (χ1) is 6.17. The average molecular weight is 241 g/mol. The highest BCUT2D eigenvalue weighted by Gasteiger charge is 2.35. The second-order valence-corrected chi connectivity index (χ2v) is 4.51. The van der Waals surface area contributed by atoms with Crippen molar-refractivity contribution in [1.82, 2.24) is 0 Å². The summed E-state index contributed by atoms with van der Waals surface area (Å²) >= 11 is 3.52. The van der Waals surface area contributed by atoms with Gasteiger partial charge in [0.15, 0.2) is 0 Å². The highest BCUT2D eigenvalue weighted by molar-refractivity contribution is 9.10. The number of hydrogen-bond acceptors (Lipinski definition) is 1. The van der Waals surface area contributed by atoms with Gasteiger partial charge in [0.25, 0.3) is 0 Å². The van der Waals surface area contributed by atoms with Gasteiger partial charge in [-0.15, -0.1) is 0 Å². The van der Waals surface area contributed by atoms with E-state index in [4.69, 9.17) is 0 Å². The highest BCUT2D eigenvalue weighted by Crippen LogP contribution is 2.41.